The molecule has 0 fully saturated rings. The summed E-state index contributed by atoms with van der Waals surface area (Å²) in [6.07, 6.45) is -4.81. The van der Waals surface area contributed by atoms with Crippen molar-refractivity contribution in [1.29, 1.82) is 0 Å². The number of carbonyl (C=O) groups is 1. The first-order chi connectivity index (χ1) is 7.47. The van der Waals surface area contributed by atoms with Gasteiger partial charge >= 0.3 is 12.3 Å². The minimum atomic E-state index is -4.81. The van der Waals surface area contributed by atoms with Gasteiger partial charge in [-0.05, 0) is 5.56 Å². The highest BCUT2D eigenvalue weighted by atomic mass is 19.4. The molecular formula is C10H9F3O3. The number of alkyl halides is 3. The third-order valence-corrected chi connectivity index (χ3v) is 1.60. The molecule has 16 heavy (non-hydrogen) atoms. The van der Waals surface area contributed by atoms with Crippen molar-refractivity contribution in [2.24, 2.45) is 0 Å². The number of hydrogen-bond donors (Lipinski definition) is 0. The quantitative estimate of drug-likeness (QED) is 0.749. The van der Waals surface area contributed by atoms with Crippen molar-refractivity contribution in [2.75, 3.05) is 6.61 Å². The highest BCUT2D eigenvalue weighted by Gasteiger charge is 2.30. The summed E-state index contributed by atoms with van der Waals surface area (Å²) in [6, 6.07) is 8.62. The van der Waals surface area contributed by atoms with Crippen LogP contribution in [0.2, 0.25) is 0 Å². The molecule has 6 heteroatoms. The van der Waals surface area contributed by atoms with Crippen molar-refractivity contribution < 1.29 is 27.4 Å². The van der Waals surface area contributed by atoms with E-state index in [1.54, 1.807) is 30.3 Å². The first-order valence-corrected chi connectivity index (χ1v) is 4.37. The standard InChI is InChI=1S/C10H9F3O3/c11-10(12,13)16-7-9(14)15-6-8-4-2-1-3-5-8/h1-5H,6-7H2. The van der Waals surface area contributed by atoms with Gasteiger partial charge in [0.25, 0.3) is 0 Å². The van der Waals surface area contributed by atoms with E-state index >= 15 is 0 Å². The van der Waals surface area contributed by atoms with Gasteiger partial charge in [-0.2, -0.15) is 0 Å². The number of halogens is 3. The Morgan fingerprint density at radius 1 is 1.19 bits per heavy atom. The number of benzene rings is 1. The molecule has 1 rings (SSSR count). The molecular weight excluding hydrogens is 225 g/mol. The molecule has 1 aromatic carbocycles. The fraction of sp³-hybridized carbons (Fsp3) is 0.300. The molecule has 1 aromatic rings. The van der Waals surface area contributed by atoms with E-state index in [1.807, 2.05) is 0 Å². The number of carbonyl (C=O) groups excluding carboxylic acids is 1. The summed E-state index contributed by atoms with van der Waals surface area (Å²) in [7, 11) is 0. The van der Waals surface area contributed by atoms with Crippen LogP contribution in [-0.2, 0) is 20.9 Å². The molecule has 0 aliphatic heterocycles. The van der Waals surface area contributed by atoms with Crippen LogP contribution in [0.1, 0.15) is 5.56 Å². The average molecular weight is 234 g/mol. The zero-order chi connectivity index (χ0) is 12.0. The average Bonchev–Trinajstić information content (AvgIpc) is 2.24. The smallest absolute Gasteiger partial charge is 0.459 e. The Labute approximate surface area is 89.8 Å². The molecule has 0 aliphatic rings. The number of hydrogen-bond acceptors (Lipinski definition) is 3. The molecule has 88 valence electrons. The summed E-state index contributed by atoms with van der Waals surface area (Å²) in [4.78, 5) is 10.8. The second-order valence-corrected chi connectivity index (χ2v) is 2.88. The largest absolute Gasteiger partial charge is 0.523 e. The van der Waals surface area contributed by atoms with Crippen LogP contribution >= 0.6 is 0 Å². The van der Waals surface area contributed by atoms with Gasteiger partial charge in [0, 0.05) is 0 Å². The third-order valence-electron chi connectivity index (χ3n) is 1.60. The number of esters is 1. The summed E-state index contributed by atoms with van der Waals surface area (Å²) in [5.41, 5.74) is 0.697. The van der Waals surface area contributed by atoms with Crippen molar-refractivity contribution in [1.82, 2.24) is 0 Å². The molecule has 0 unspecified atom stereocenters. The molecule has 0 aliphatic carbocycles. The van der Waals surface area contributed by atoms with Gasteiger partial charge in [0.05, 0.1) is 0 Å². The Morgan fingerprint density at radius 2 is 1.81 bits per heavy atom. The summed E-state index contributed by atoms with van der Waals surface area (Å²) < 4.78 is 42.5. The second kappa shape index (κ2) is 5.50. The number of ether oxygens (including phenoxy) is 2. The van der Waals surface area contributed by atoms with Gasteiger partial charge in [0.15, 0.2) is 6.61 Å². The van der Waals surface area contributed by atoms with Crippen LogP contribution in [0, 0.1) is 0 Å². The zero-order valence-electron chi connectivity index (χ0n) is 8.16. The zero-order valence-corrected chi connectivity index (χ0v) is 8.16. The molecule has 0 bridgehead atoms. The highest BCUT2D eigenvalue weighted by molar-refractivity contribution is 5.70. The molecule has 0 atom stereocenters. The third kappa shape index (κ3) is 5.35. The Bertz CT molecular complexity index is 335. The normalized spacial score (nSPS) is 11.2. The van der Waals surface area contributed by atoms with Crippen molar-refractivity contribution in [2.45, 2.75) is 13.0 Å². The van der Waals surface area contributed by atoms with E-state index in [0.717, 1.165) is 0 Å². The minimum absolute atomic E-state index is 0.0686. The predicted octanol–water partition coefficient (Wildman–Crippen LogP) is 2.27. The van der Waals surface area contributed by atoms with E-state index in [9.17, 15) is 18.0 Å². The maximum absolute atomic E-state index is 11.5. The summed E-state index contributed by atoms with van der Waals surface area (Å²) in [6.45, 7) is -1.20. The Kier molecular flexibility index (Phi) is 4.30. The predicted molar refractivity (Wildman–Crippen MR) is 48.2 cm³/mol. The monoisotopic (exact) mass is 234 g/mol. The molecule has 0 spiro atoms. The van der Waals surface area contributed by atoms with E-state index in [-0.39, 0.29) is 6.61 Å². The van der Waals surface area contributed by atoms with Gasteiger partial charge in [-0.15, -0.1) is 13.2 Å². The van der Waals surface area contributed by atoms with Gasteiger partial charge in [-0.3, -0.25) is 4.74 Å². The molecule has 0 heterocycles. The lowest BCUT2D eigenvalue weighted by molar-refractivity contribution is -0.323. The van der Waals surface area contributed by atoms with Crippen molar-refractivity contribution in [3.63, 3.8) is 0 Å². The Morgan fingerprint density at radius 3 is 2.38 bits per heavy atom. The fourth-order valence-corrected chi connectivity index (χ4v) is 0.920. The lowest BCUT2D eigenvalue weighted by atomic mass is 10.2. The molecule has 0 amide bonds. The van der Waals surface area contributed by atoms with Crippen LogP contribution in [0.5, 0.6) is 0 Å². The Hall–Kier alpha value is -1.56. The number of rotatable bonds is 4. The molecule has 0 aromatic heterocycles. The molecule has 0 saturated heterocycles. The van der Waals surface area contributed by atoms with E-state index in [2.05, 4.69) is 9.47 Å². The molecule has 0 radical (unpaired) electrons. The topological polar surface area (TPSA) is 35.5 Å². The minimum Gasteiger partial charge on any atom is -0.459 e. The first-order valence-electron chi connectivity index (χ1n) is 4.37. The fourth-order valence-electron chi connectivity index (χ4n) is 0.920. The lowest BCUT2D eigenvalue weighted by Crippen LogP contribution is -2.21. The highest BCUT2D eigenvalue weighted by Crippen LogP contribution is 2.15. The van der Waals surface area contributed by atoms with E-state index < -0.39 is 18.9 Å². The summed E-state index contributed by atoms with van der Waals surface area (Å²) >= 11 is 0. The van der Waals surface area contributed by atoms with Crippen LogP contribution < -0.4 is 0 Å². The maximum atomic E-state index is 11.5. The van der Waals surface area contributed by atoms with E-state index in [4.69, 9.17) is 0 Å². The van der Waals surface area contributed by atoms with Crippen LogP contribution in [0.4, 0.5) is 13.2 Å². The van der Waals surface area contributed by atoms with Gasteiger partial charge in [0.2, 0.25) is 0 Å². The molecule has 0 saturated carbocycles. The van der Waals surface area contributed by atoms with E-state index in [1.165, 1.54) is 0 Å². The van der Waals surface area contributed by atoms with Crippen molar-refractivity contribution in [3.8, 4) is 0 Å². The van der Waals surface area contributed by atoms with E-state index in [0.29, 0.717) is 5.56 Å². The van der Waals surface area contributed by atoms with Crippen molar-refractivity contribution in [3.05, 3.63) is 35.9 Å². The van der Waals surface area contributed by atoms with Crippen LogP contribution in [0.15, 0.2) is 30.3 Å². The van der Waals surface area contributed by atoms with Gasteiger partial charge in [-0.1, -0.05) is 30.3 Å². The maximum Gasteiger partial charge on any atom is 0.523 e. The van der Waals surface area contributed by atoms with Crippen LogP contribution in [0.3, 0.4) is 0 Å². The lowest BCUT2D eigenvalue weighted by Gasteiger charge is -2.07. The van der Waals surface area contributed by atoms with Gasteiger partial charge < -0.3 is 4.74 Å². The summed E-state index contributed by atoms with van der Waals surface area (Å²) in [5, 5.41) is 0. The summed E-state index contributed by atoms with van der Waals surface area (Å²) in [5.74, 6) is -1.05. The second-order valence-electron chi connectivity index (χ2n) is 2.88. The van der Waals surface area contributed by atoms with Gasteiger partial charge in [0.1, 0.15) is 6.61 Å². The van der Waals surface area contributed by atoms with Crippen LogP contribution in [-0.4, -0.2) is 18.9 Å². The Balaban J connectivity index is 2.26. The van der Waals surface area contributed by atoms with Crippen LogP contribution in [0.25, 0.3) is 0 Å². The molecule has 0 N–H and O–H groups in total. The first kappa shape index (κ1) is 12.5. The SMILES string of the molecule is O=C(COC(F)(F)F)OCc1ccccc1. The van der Waals surface area contributed by atoms with Gasteiger partial charge in [-0.25, -0.2) is 4.79 Å². The molecule has 3 nitrogen and oxygen atoms in total. The van der Waals surface area contributed by atoms with Crippen molar-refractivity contribution >= 4 is 5.97 Å².